The lowest BCUT2D eigenvalue weighted by Crippen LogP contribution is -2.30. The maximum atomic E-state index is 15.4. The molecule has 0 saturated heterocycles. The summed E-state index contributed by atoms with van der Waals surface area (Å²) in [7, 11) is 0. The SMILES string of the molecule is CC1(C)c2cc(-c3cccc4ccccc34)ccc2-n2c3cc4c(cc3c(=O)c3cccc1c32)c(=O)c1cc(-c2cccc3ccccc23)cc2c1n4-c1ccccc1C2(C)C. The first-order valence-corrected chi connectivity index (χ1v) is 21.5. The molecule has 294 valence electrons. The predicted octanol–water partition coefficient (Wildman–Crippen LogP) is 13.5. The smallest absolute Gasteiger partial charge is 0.197 e. The molecule has 11 aromatic rings. The van der Waals surface area contributed by atoms with Gasteiger partial charge in [0.15, 0.2) is 10.9 Å². The molecule has 0 amide bonds. The number of aromatic nitrogens is 2. The number of rotatable bonds is 2. The molecule has 2 aliphatic heterocycles. The molecule has 2 aromatic heterocycles. The van der Waals surface area contributed by atoms with Crippen LogP contribution in [0.15, 0.2) is 179 Å². The minimum Gasteiger partial charge on any atom is -0.308 e. The summed E-state index contributed by atoms with van der Waals surface area (Å²) in [6.07, 6.45) is 0. The lowest BCUT2D eigenvalue weighted by Gasteiger charge is -2.38. The summed E-state index contributed by atoms with van der Waals surface area (Å²) in [5.41, 5.74) is 13.5. The molecule has 0 unspecified atom stereocenters. The molecule has 0 fully saturated rings. The first-order chi connectivity index (χ1) is 30.1. The van der Waals surface area contributed by atoms with E-state index in [0.717, 1.165) is 72.0 Å². The summed E-state index contributed by atoms with van der Waals surface area (Å²) in [5, 5.41) is 7.08. The van der Waals surface area contributed by atoms with Crippen molar-refractivity contribution in [2.75, 3.05) is 0 Å². The number of pyridine rings is 2. The minimum atomic E-state index is -0.410. The molecule has 4 heteroatoms. The highest BCUT2D eigenvalue weighted by atomic mass is 16.1. The van der Waals surface area contributed by atoms with E-state index in [1.54, 1.807) is 0 Å². The van der Waals surface area contributed by atoms with Gasteiger partial charge in [-0.2, -0.15) is 0 Å². The minimum absolute atomic E-state index is 0.0634. The fraction of sp³-hybridized carbons (Fsp3) is 0.103. The lowest BCUT2D eigenvalue weighted by atomic mass is 9.73. The molecular formula is C58H40N2O2. The van der Waals surface area contributed by atoms with Crippen LogP contribution in [0.2, 0.25) is 0 Å². The van der Waals surface area contributed by atoms with Crippen LogP contribution in [0.4, 0.5) is 0 Å². The van der Waals surface area contributed by atoms with Gasteiger partial charge in [0.1, 0.15) is 0 Å². The highest BCUT2D eigenvalue weighted by Crippen LogP contribution is 2.49. The van der Waals surface area contributed by atoms with Gasteiger partial charge in [-0.15, -0.1) is 0 Å². The van der Waals surface area contributed by atoms with Crippen molar-refractivity contribution >= 4 is 65.2 Å². The van der Waals surface area contributed by atoms with Crippen molar-refractivity contribution in [3.63, 3.8) is 0 Å². The quantitative estimate of drug-likeness (QED) is 0.164. The third kappa shape index (κ3) is 4.46. The molecule has 0 N–H and O–H groups in total. The zero-order valence-electron chi connectivity index (χ0n) is 34.9. The molecule has 4 nitrogen and oxygen atoms in total. The molecule has 13 rings (SSSR count). The van der Waals surface area contributed by atoms with Crippen molar-refractivity contribution in [2.45, 2.75) is 38.5 Å². The highest BCUT2D eigenvalue weighted by Gasteiger charge is 2.38. The number of benzene rings is 9. The fourth-order valence-electron chi connectivity index (χ4n) is 11.3. The van der Waals surface area contributed by atoms with E-state index in [4.69, 9.17) is 0 Å². The van der Waals surface area contributed by atoms with Crippen molar-refractivity contribution in [3.05, 3.63) is 213 Å². The summed E-state index contributed by atoms with van der Waals surface area (Å²) >= 11 is 0. The van der Waals surface area contributed by atoms with E-state index in [0.29, 0.717) is 21.5 Å². The summed E-state index contributed by atoms with van der Waals surface area (Å²) in [5.74, 6) is 0. The normalized spacial score (nSPS) is 14.5. The molecule has 9 aromatic carbocycles. The number of nitrogens with zero attached hydrogens (tertiary/aromatic N) is 2. The second-order valence-corrected chi connectivity index (χ2v) is 18.4. The van der Waals surface area contributed by atoms with Crippen molar-refractivity contribution in [3.8, 4) is 33.6 Å². The van der Waals surface area contributed by atoms with Crippen LogP contribution in [0.1, 0.15) is 49.9 Å². The zero-order valence-corrected chi connectivity index (χ0v) is 34.9. The first kappa shape index (κ1) is 35.2. The first-order valence-electron chi connectivity index (χ1n) is 21.5. The summed E-state index contributed by atoms with van der Waals surface area (Å²) in [6.45, 7) is 9.09. The van der Waals surface area contributed by atoms with E-state index in [1.807, 2.05) is 18.2 Å². The van der Waals surface area contributed by atoms with Gasteiger partial charge >= 0.3 is 0 Å². The third-order valence-electron chi connectivity index (χ3n) is 14.4. The van der Waals surface area contributed by atoms with Gasteiger partial charge < -0.3 is 9.13 Å². The topological polar surface area (TPSA) is 44.0 Å². The van der Waals surface area contributed by atoms with E-state index in [-0.39, 0.29) is 10.9 Å². The van der Waals surface area contributed by atoms with Crippen LogP contribution in [-0.2, 0) is 10.8 Å². The number of para-hydroxylation sites is 2. The largest absolute Gasteiger partial charge is 0.308 e. The van der Waals surface area contributed by atoms with Crippen molar-refractivity contribution in [2.24, 2.45) is 0 Å². The molecule has 4 heterocycles. The second kappa shape index (κ2) is 12.0. The van der Waals surface area contributed by atoms with Gasteiger partial charge in [-0.1, -0.05) is 149 Å². The number of hydrogen-bond acceptors (Lipinski definition) is 2. The van der Waals surface area contributed by atoms with Crippen LogP contribution in [-0.4, -0.2) is 9.13 Å². The van der Waals surface area contributed by atoms with Gasteiger partial charge in [0, 0.05) is 32.4 Å². The van der Waals surface area contributed by atoms with E-state index >= 15 is 4.79 Å². The van der Waals surface area contributed by atoms with E-state index in [9.17, 15) is 4.79 Å². The number of fused-ring (bicyclic) bond motifs is 10. The zero-order chi connectivity index (χ0) is 41.8. The molecule has 0 aliphatic carbocycles. The average Bonchev–Trinajstić information content (AvgIpc) is 3.30. The molecule has 0 saturated carbocycles. The van der Waals surface area contributed by atoms with Gasteiger partial charge in [-0.05, 0) is 115 Å². The molecule has 62 heavy (non-hydrogen) atoms. The Morgan fingerprint density at radius 1 is 0.355 bits per heavy atom. The van der Waals surface area contributed by atoms with Gasteiger partial charge in [-0.3, -0.25) is 9.59 Å². The fourth-order valence-corrected chi connectivity index (χ4v) is 11.3. The Labute approximate surface area is 357 Å². The van der Waals surface area contributed by atoms with Crippen LogP contribution < -0.4 is 10.9 Å². The molecule has 2 aliphatic rings. The maximum absolute atomic E-state index is 15.4. The van der Waals surface area contributed by atoms with Crippen molar-refractivity contribution in [1.82, 2.24) is 9.13 Å². The van der Waals surface area contributed by atoms with Gasteiger partial charge in [0.2, 0.25) is 0 Å². The Balaban J connectivity index is 1.17. The summed E-state index contributed by atoms with van der Waals surface area (Å²) in [6, 6.07) is 59.8. The van der Waals surface area contributed by atoms with E-state index < -0.39 is 10.8 Å². The van der Waals surface area contributed by atoms with Crippen LogP contribution in [0.3, 0.4) is 0 Å². The van der Waals surface area contributed by atoms with Gasteiger partial charge in [0.25, 0.3) is 0 Å². The van der Waals surface area contributed by atoms with E-state index in [1.165, 1.54) is 27.5 Å². The molecule has 0 atom stereocenters. The molecule has 0 spiro atoms. The van der Waals surface area contributed by atoms with Gasteiger partial charge in [0.05, 0.1) is 33.4 Å². The molecule has 0 radical (unpaired) electrons. The van der Waals surface area contributed by atoms with Crippen LogP contribution in [0.25, 0.3) is 98.8 Å². The predicted molar refractivity (Wildman–Crippen MR) is 258 cm³/mol. The Hall–Kier alpha value is -7.56. The standard InChI is InChI=1S/C58H40N2O2/c1-57(2)45-23-9-10-25-49(45)59-52-32-51-42(31-43(52)56(62)44-28-36(30-48(57)54(44)59)40-21-12-17-34-15-6-8-19-38(34)40)55(61)41-22-13-24-46-53(41)60(51)50-27-26-35(29-47(50)58(46,3)4)39-20-11-16-33-14-5-7-18-37(33)39/h5-32H,1-4H3. The lowest BCUT2D eigenvalue weighted by molar-refractivity contribution is 0.629. The van der Waals surface area contributed by atoms with E-state index in [2.05, 4.69) is 188 Å². The van der Waals surface area contributed by atoms with Crippen LogP contribution in [0, 0.1) is 0 Å². The Morgan fingerprint density at radius 2 is 0.855 bits per heavy atom. The third-order valence-corrected chi connectivity index (χ3v) is 14.4. The molecular weight excluding hydrogens is 757 g/mol. The summed E-state index contributed by atoms with van der Waals surface area (Å²) in [4.78, 5) is 30.3. The van der Waals surface area contributed by atoms with Crippen LogP contribution in [0.5, 0.6) is 0 Å². The second-order valence-electron chi connectivity index (χ2n) is 18.4. The monoisotopic (exact) mass is 796 g/mol. The van der Waals surface area contributed by atoms with Crippen LogP contribution >= 0.6 is 0 Å². The van der Waals surface area contributed by atoms with Crippen molar-refractivity contribution in [1.29, 1.82) is 0 Å². The Kier molecular flexibility index (Phi) is 6.84. The van der Waals surface area contributed by atoms with Gasteiger partial charge in [-0.25, -0.2) is 0 Å². The highest BCUT2D eigenvalue weighted by molar-refractivity contribution is 6.09. The van der Waals surface area contributed by atoms with Crippen molar-refractivity contribution < 1.29 is 0 Å². The molecule has 0 bridgehead atoms. The maximum Gasteiger partial charge on any atom is 0.197 e. The average molecular weight is 797 g/mol. The Bertz CT molecular complexity index is 3960. The number of hydrogen-bond donors (Lipinski definition) is 0. The summed E-state index contributed by atoms with van der Waals surface area (Å²) < 4.78 is 4.61. The Morgan fingerprint density at radius 3 is 1.56 bits per heavy atom.